The summed E-state index contributed by atoms with van der Waals surface area (Å²) in [7, 11) is 0. The molecule has 0 radical (unpaired) electrons. The highest BCUT2D eigenvalue weighted by Crippen LogP contribution is 2.38. The lowest BCUT2D eigenvalue weighted by Crippen LogP contribution is -2.35. The Hall–Kier alpha value is -2.47. The summed E-state index contributed by atoms with van der Waals surface area (Å²) >= 11 is 0. The minimum Gasteiger partial charge on any atom is -0.471 e. The van der Waals surface area contributed by atoms with Crippen LogP contribution in [-0.2, 0) is 11.2 Å². The minimum atomic E-state index is -0.591. The molecule has 1 aromatic carbocycles. The van der Waals surface area contributed by atoms with Crippen molar-refractivity contribution in [2.75, 3.05) is 13.2 Å². The van der Waals surface area contributed by atoms with Crippen LogP contribution < -0.4 is 4.74 Å². The number of esters is 1. The molecule has 0 aliphatic carbocycles. The molecule has 2 atom stereocenters. The Morgan fingerprint density at radius 1 is 1.38 bits per heavy atom. The van der Waals surface area contributed by atoms with Gasteiger partial charge >= 0.3 is 5.97 Å². The van der Waals surface area contributed by atoms with Gasteiger partial charge in [0.2, 0.25) is 5.88 Å². The molecule has 0 saturated carbocycles. The Kier molecular flexibility index (Phi) is 5.23. The highest BCUT2D eigenvalue weighted by Gasteiger charge is 2.31. The van der Waals surface area contributed by atoms with E-state index in [1.165, 1.54) is 6.07 Å². The third kappa shape index (κ3) is 3.42. The number of carbonyl (C=O) groups excluding carboxylic acids is 1. The molecule has 1 aliphatic heterocycles. The van der Waals surface area contributed by atoms with Crippen LogP contribution in [0, 0.1) is 18.7 Å². The average Bonchev–Trinajstić information content (AvgIpc) is 2.61. The van der Waals surface area contributed by atoms with Gasteiger partial charge in [0, 0.05) is 11.1 Å². The summed E-state index contributed by atoms with van der Waals surface area (Å²) in [5.41, 5.74) is 2.56. The zero-order chi connectivity index (χ0) is 18.8. The normalized spacial score (nSPS) is 18.8. The van der Waals surface area contributed by atoms with E-state index < -0.39 is 12.1 Å². The van der Waals surface area contributed by atoms with Crippen molar-refractivity contribution in [3.05, 3.63) is 46.9 Å². The van der Waals surface area contributed by atoms with Crippen LogP contribution in [0.15, 0.2) is 24.3 Å². The number of aliphatic hydroxyl groups excluding tert-OH is 1. The van der Waals surface area contributed by atoms with Gasteiger partial charge in [-0.25, -0.2) is 14.2 Å². The predicted molar refractivity (Wildman–Crippen MR) is 94.7 cm³/mol. The first-order valence-electron chi connectivity index (χ1n) is 8.69. The Labute approximate surface area is 151 Å². The van der Waals surface area contributed by atoms with E-state index in [4.69, 9.17) is 9.47 Å². The van der Waals surface area contributed by atoms with Gasteiger partial charge < -0.3 is 14.6 Å². The fraction of sp³-hybridized carbons (Fsp3) is 0.400. The summed E-state index contributed by atoms with van der Waals surface area (Å²) < 4.78 is 25.4. The lowest BCUT2D eigenvalue weighted by molar-refractivity contribution is 0.0491. The van der Waals surface area contributed by atoms with Crippen LogP contribution in [0.3, 0.4) is 0 Å². The van der Waals surface area contributed by atoms with Crippen molar-refractivity contribution in [3.63, 3.8) is 0 Å². The highest BCUT2D eigenvalue weighted by molar-refractivity contribution is 5.90. The molecule has 2 heterocycles. The van der Waals surface area contributed by atoms with E-state index in [1.54, 1.807) is 19.1 Å². The zero-order valence-corrected chi connectivity index (χ0v) is 15.1. The first kappa shape index (κ1) is 18.3. The van der Waals surface area contributed by atoms with E-state index in [9.17, 15) is 14.3 Å². The van der Waals surface area contributed by atoms with Gasteiger partial charge in [0.05, 0.1) is 13.2 Å². The quantitative estimate of drug-likeness (QED) is 0.849. The highest BCUT2D eigenvalue weighted by atomic mass is 19.1. The third-order valence-corrected chi connectivity index (χ3v) is 4.59. The lowest BCUT2D eigenvalue weighted by atomic mass is 9.88. The van der Waals surface area contributed by atoms with Crippen molar-refractivity contribution >= 4 is 5.97 Å². The molecule has 0 spiro atoms. The van der Waals surface area contributed by atoms with Crippen LogP contribution in [0.2, 0.25) is 0 Å². The number of rotatable bonds is 4. The summed E-state index contributed by atoms with van der Waals surface area (Å²) in [5.74, 6) is -0.672. The number of ether oxygens (including phenoxy) is 2. The number of pyridine rings is 1. The first-order chi connectivity index (χ1) is 12.4. The van der Waals surface area contributed by atoms with Crippen LogP contribution in [0.1, 0.15) is 35.5 Å². The molecule has 0 fully saturated rings. The van der Waals surface area contributed by atoms with Gasteiger partial charge in [-0.1, -0.05) is 19.1 Å². The van der Waals surface area contributed by atoms with Gasteiger partial charge in [0.1, 0.15) is 11.9 Å². The number of aliphatic hydroxyl groups is 1. The van der Waals surface area contributed by atoms with Gasteiger partial charge in [0.15, 0.2) is 5.69 Å². The van der Waals surface area contributed by atoms with E-state index in [1.807, 2.05) is 19.9 Å². The van der Waals surface area contributed by atoms with Gasteiger partial charge in [-0.15, -0.1) is 0 Å². The molecule has 0 saturated heterocycles. The fourth-order valence-electron chi connectivity index (χ4n) is 3.16. The number of hydrogen-bond donors (Lipinski definition) is 1. The molecule has 0 amide bonds. The van der Waals surface area contributed by atoms with Crippen LogP contribution in [0.25, 0.3) is 11.1 Å². The maximum absolute atomic E-state index is 14.6. The Morgan fingerprint density at radius 2 is 2.15 bits per heavy atom. The molecule has 1 aliphatic rings. The second-order valence-corrected chi connectivity index (χ2v) is 6.56. The topological polar surface area (TPSA) is 68.7 Å². The van der Waals surface area contributed by atoms with Crippen LogP contribution >= 0.6 is 0 Å². The van der Waals surface area contributed by atoms with Crippen molar-refractivity contribution < 1.29 is 23.8 Å². The molecular weight excluding hydrogens is 337 g/mol. The number of fused-ring (bicyclic) bond motifs is 1. The number of carbonyl (C=O) groups is 1. The maximum atomic E-state index is 14.6. The first-order valence-corrected chi connectivity index (χ1v) is 8.69. The molecule has 138 valence electrons. The average molecular weight is 359 g/mol. The number of benzene rings is 1. The van der Waals surface area contributed by atoms with Crippen LogP contribution in [-0.4, -0.2) is 35.4 Å². The molecule has 0 bridgehead atoms. The summed E-state index contributed by atoms with van der Waals surface area (Å²) in [6.07, 6.45) is 0.155. The molecule has 2 unspecified atom stereocenters. The van der Waals surface area contributed by atoms with Crippen molar-refractivity contribution in [1.29, 1.82) is 0 Å². The third-order valence-electron chi connectivity index (χ3n) is 4.59. The second kappa shape index (κ2) is 7.41. The molecule has 5 nitrogen and oxygen atoms in total. The summed E-state index contributed by atoms with van der Waals surface area (Å²) in [4.78, 5) is 16.5. The van der Waals surface area contributed by atoms with E-state index in [0.717, 1.165) is 11.1 Å². The van der Waals surface area contributed by atoms with Gasteiger partial charge in [-0.2, -0.15) is 0 Å². The Bertz CT molecular complexity index is 837. The number of halogens is 1. The fourth-order valence-corrected chi connectivity index (χ4v) is 3.16. The standard InChI is InChI=1S/C20H22FNO4/c1-4-25-20(24)17-9-14(13-6-5-11(2)7-16(13)21)15-8-12(3)18(10-23)26-19(15)22-17/h5-7,9,12,18,23H,4,8,10H2,1-3H3. The molecule has 26 heavy (non-hydrogen) atoms. The Morgan fingerprint density at radius 3 is 2.81 bits per heavy atom. The predicted octanol–water partition coefficient (Wildman–Crippen LogP) is 3.30. The van der Waals surface area contributed by atoms with Gasteiger partial charge in [0.25, 0.3) is 0 Å². The molecule has 6 heteroatoms. The van der Waals surface area contributed by atoms with E-state index >= 15 is 0 Å². The smallest absolute Gasteiger partial charge is 0.357 e. The number of hydrogen-bond acceptors (Lipinski definition) is 5. The SMILES string of the molecule is CCOC(=O)c1cc(-c2ccc(C)cc2F)c2c(n1)OC(CO)C(C)C2. The van der Waals surface area contributed by atoms with E-state index in [-0.39, 0.29) is 36.5 Å². The van der Waals surface area contributed by atoms with Gasteiger partial charge in [-0.05, 0) is 49.4 Å². The van der Waals surface area contributed by atoms with Crippen LogP contribution in [0.4, 0.5) is 4.39 Å². The summed E-state index contributed by atoms with van der Waals surface area (Å²) in [5, 5.41) is 9.51. The summed E-state index contributed by atoms with van der Waals surface area (Å²) in [6, 6.07) is 6.52. The van der Waals surface area contributed by atoms with Crippen molar-refractivity contribution in [2.45, 2.75) is 33.3 Å². The molecule has 1 N–H and O–H groups in total. The van der Waals surface area contributed by atoms with Crippen molar-refractivity contribution in [1.82, 2.24) is 4.98 Å². The lowest BCUT2D eigenvalue weighted by Gasteiger charge is -2.31. The monoisotopic (exact) mass is 359 g/mol. The number of nitrogens with zero attached hydrogens (tertiary/aromatic N) is 1. The van der Waals surface area contributed by atoms with E-state index in [2.05, 4.69) is 4.98 Å². The van der Waals surface area contributed by atoms with Crippen LogP contribution in [0.5, 0.6) is 5.88 Å². The maximum Gasteiger partial charge on any atom is 0.357 e. The Balaban J connectivity index is 2.18. The number of aryl methyl sites for hydroxylation is 1. The van der Waals surface area contributed by atoms with E-state index in [0.29, 0.717) is 17.5 Å². The van der Waals surface area contributed by atoms with Crippen molar-refractivity contribution in [3.8, 4) is 17.0 Å². The minimum absolute atomic E-state index is 0.0370. The largest absolute Gasteiger partial charge is 0.471 e. The number of aromatic nitrogens is 1. The molecule has 2 aromatic rings. The summed E-state index contributed by atoms with van der Waals surface area (Å²) in [6.45, 7) is 5.54. The molecule has 1 aromatic heterocycles. The second-order valence-electron chi connectivity index (χ2n) is 6.56. The molecule has 3 rings (SSSR count). The molecular formula is C20H22FNO4. The van der Waals surface area contributed by atoms with Crippen molar-refractivity contribution in [2.24, 2.45) is 5.92 Å². The van der Waals surface area contributed by atoms with Gasteiger partial charge in [-0.3, -0.25) is 0 Å². The zero-order valence-electron chi connectivity index (χ0n) is 15.1.